The van der Waals surface area contributed by atoms with Crippen LogP contribution in [-0.2, 0) is 16.0 Å². The lowest BCUT2D eigenvalue weighted by Crippen LogP contribution is -2.15. The quantitative estimate of drug-likeness (QED) is 0.636. The monoisotopic (exact) mass is 330 g/mol. The van der Waals surface area contributed by atoms with E-state index in [0.717, 1.165) is 54.6 Å². The number of unbranched alkanes of at least 4 members (excludes halogenated alkanes) is 2. The van der Waals surface area contributed by atoms with Crippen LogP contribution in [0.15, 0.2) is 22.9 Å². The maximum Gasteiger partial charge on any atom is 0.303 e. The second-order valence-corrected chi connectivity index (χ2v) is 6.31. The van der Waals surface area contributed by atoms with Crippen LogP contribution in [0.4, 0.5) is 0 Å². The second kappa shape index (κ2) is 7.99. The summed E-state index contributed by atoms with van der Waals surface area (Å²) in [4.78, 5) is 25.7. The Morgan fingerprint density at radius 2 is 2.00 bits per heavy atom. The van der Waals surface area contributed by atoms with E-state index in [-0.39, 0.29) is 12.3 Å². The predicted molar refractivity (Wildman–Crippen MR) is 94.4 cm³/mol. The third kappa shape index (κ3) is 4.37. The minimum absolute atomic E-state index is 0.0139. The fraction of sp³-hybridized carbons (Fsp3) is 0.474. The van der Waals surface area contributed by atoms with Gasteiger partial charge in [0.1, 0.15) is 0 Å². The number of aromatic amines is 1. The zero-order valence-electron chi connectivity index (χ0n) is 14.7. The van der Waals surface area contributed by atoms with Crippen molar-refractivity contribution in [1.82, 2.24) is 10.3 Å². The lowest BCUT2D eigenvalue weighted by molar-refractivity contribution is -0.137. The molecule has 0 spiro atoms. The molecule has 0 radical (unpaired) electrons. The molecule has 24 heavy (non-hydrogen) atoms. The average Bonchev–Trinajstić information content (AvgIpc) is 2.99. The van der Waals surface area contributed by atoms with E-state index in [0.29, 0.717) is 0 Å². The molecule has 0 atom stereocenters. The van der Waals surface area contributed by atoms with Crippen molar-refractivity contribution >= 4 is 18.0 Å². The first-order chi connectivity index (χ1) is 11.4. The highest BCUT2D eigenvalue weighted by molar-refractivity contribution is 6.00. The Morgan fingerprint density at radius 3 is 2.67 bits per heavy atom. The van der Waals surface area contributed by atoms with Gasteiger partial charge in [0, 0.05) is 29.1 Å². The van der Waals surface area contributed by atoms with Crippen LogP contribution in [-0.4, -0.2) is 22.0 Å². The molecule has 0 saturated heterocycles. The number of aliphatic carboxylic acids is 1. The molecule has 0 aromatic carbocycles. The van der Waals surface area contributed by atoms with Crippen LogP contribution in [0.5, 0.6) is 0 Å². The van der Waals surface area contributed by atoms with Crippen molar-refractivity contribution in [2.24, 2.45) is 0 Å². The van der Waals surface area contributed by atoms with Gasteiger partial charge in [0.2, 0.25) is 0 Å². The molecule has 0 aliphatic carbocycles. The Hall–Kier alpha value is -2.30. The summed E-state index contributed by atoms with van der Waals surface area (Å²) < 4.78 is 0. The zero-order chi connectivity index (χ0) is 17.7. The lowest BCUT2D eigenvalue weighted by Gasteiger charge is -2.02. The van der Waals surface area contributed by atoms with Crippen LogP contribution >= 0.6 is 0 Å². The topological polar surface area (TPSA) is 82.2 Å². The van der Waals surface area contributed by atoms with Crippen molar-refractivity contribution in [3.63, 3.8) is 0 Å². The van der Waals surface area contributed by atoms with Crippen LogP contribution in [0.1, 0.15) is 62.9 Å². The van der Waals surface area contributed by atoms with Crippen molar-refractivity contribution in [2.45, 2.75) is 59.3 Å². The minimum atomic E-state index is -0.728. The number of hydrogen-bond donors (Lipinski definition) is 3. The van der Waals surface area contributed by atoms with Gasteiger partial charge in [0.15, 0.2) is 0 Å². The summed E-state index contributed by atoms with van der Waals surface area (Å²) >= 11 is 0. The Bertz CT molecular complexity index is 695. The number of amides is 1. The summed E-state index contributed by atoms with van der Waals surface area (Å²) in [7, 11) is 0. The summed E-state index contributed by atoms with van der Waals surface area (Å²) in [5.74, 6) is -0.742. The van der Waals surface area contributed by atoms with Crippen molar-refractivity contribution < 1.29 is 14.7 Å². The standard InChI is InChI=1S/C19H26N2O3/c1-4-15-13(3)19(24)21-17(15)11-14-10-12(2)16(20-14)8-6-5-7-9-18(22)23/h10-11,20H,4-9H2,1-3H3,(H,21,24)(H,22,23)/b17-11-. The van der Waals surface area contributed by atoms with E-state index in [9.17, 15) is 9.59 Å². The van der Waals surface area contributed by atoms with Crippen LogP contribution in [0.2, 0.25) is 0 Å². The molecule has 0 unspecified atom stereocenters. The largest absolute Gasteiger partial charge is 0.481 e. The van der Waals surface area contributed by atoms with E-state index in [4.69, 9.17) is 5.11 Å². The molecular formula is C19H26N2O3. The Kier molecular flexibility index (Phi) is 6.01. The van der Waals surface area contributed by atoms with Crippen molar-refractivity contribution in [1.29, 1.82) is 0 Å². The van der Waals surface area contributed by atoms with Gasteiger partial charge < -0.3 is 15.4 Å². The number of aromatic nitrogens is 1. The summed E-state index contributed by atoms with van der Waals surface area (Å²) in [6.07, 6.45) is 6.59. The van der Waals surface area contributed by atoms with E-state index in [1.54, 1.807) is 0 Å². The second-order valence-electron chi connectivity index (χ2n) is 6.31. The molecule has 1 amide bonds. The molecule has 130 valence electrons. The molecule has 0 bridgehead atoms. The SMILES string of the molecule is CCC1=C(C)C(=O)N/C1=C\c1cc(C)c(CCCCCC(=O)O)[nH]1. The minimum Gasteiger partial charge on any atom is -0.481 e. The van der Waals surface area contributed by atoms with Gasteiger partial charge >= 0.3 is 5.97 Å². The highest BCUT2D eigenvalue weighted by Gasteiger charge is 2.22. The van der Waals surface area contributed by atoms with Crippen LogP contribution < -0.4 is 5.32 Å². The van der Waals surface area contributed by atoms with Crippen molar-refractivity contribution in [3.8, 4) is 0 Å². The summed E-state index contributed by atoms with van der Waals surface area (Å²) in [6.45, 7) is 5.98. The Morgan fingerprint density at radius 1 is 1.25 bits per heavy atom. The molecule has 3 N–H and O–H groups in total. The Balaban J connectivity index is 2.00. The number of aryl methyl sites for hydroxylation is 2. The van der Waals surface area contributed by atoms with Gasteiger partial charge in [-0.3, -0.25) is 9.59 Å². The fourth-order valence-corrected chi connectivity index (χ4v) is 3.09. The average molecular weight is 330 g/mol. The van der Waals surface area contributed by atoms with Gasteiger partial charge in [-0.1, -0.05) is 13.3 Å². The summed E-state index contributed by atoms with van der Waals surface area (Å²) in [6, 6.07) is 2.09. The number of carboxylic acids is 1. The molecule has 1 aromatic rings. The van der Waals surface area contributed by atoms with Gasteiger partial charge in [0.05, 0.1) is 0 Å². The number of H-pyrrole nitrogens is 1. The molecule has 2 rings (SSSR count). The van der Waals surface area contributed by atoms with Crippen LogP contribution in [0.25, 0.3) is 6.08 Å². The fourth-order valence-electron chi connectivity index (χ4n) is 3.09. The molecule has 1 aliphatic rings. The number of hydrogen-bond acceptors (Lipinski definition) is 2. The van der Waals surface area contributed by atoms with E-state index in [1.807, 2.05) is 13.0 Å². The van der Waals surface area contributed by atoms with Crippen LogP contribution in [0, 0.1) is 6.92 Å². The van der Waals surface area contributed by atoms with Crippen molar-refractivity contribution in [3.05, 3.63) is 39.9 Å². The number of carbonyl (C=O) groups is 2. The number of carbonyl (C=O) groups excluding carboxylic acids is 1. The lowest BCUT2D eigenvalue weighted by atomic mass is 10.1. The molecule has 5 nitrogen and oxygen atoms in total. The first-order valence-corrected chi connectivity index (χ1v) is 8.55. The van der Waals surface area contributed by atoms with Crippen molar-refractivity contribution in [2.75, 3.05) is 0 Å². The number of allylic oxidation sites excluding steroid dienone is 1. The number of nitrogens with one attached hydrogen (secondary N) is 2. The highest BCUT2D eigenvalue weighted by atomic mass is 16.4. The van der Waals surface area contributed by atoms with E-state index < -0.39 is 5.97 Å². The molecule has 1 aromatic heterocycles. The number of rotatable bonds is 8. The highest BCUT2D eigenvalue weighted by Crippen LogP contribution is 2.25. The summed E-state index contributed by atoms with van der Waals surface area (Å²) in [5.41, 5.74) is 6.12. The Labute approximate surface area is 142 Å². The normalized spacial score (nSPS) is 16.1. The third-order valence-electron chi connectivity index (χ3n) is 4.48. The van der Waals surface area contributed by atoms with E-state index in [2.05, 4.69) is 30.2 Å². The van der Waals surface area contributed by atoms with Gasteiger partial charge in [-0.2, -0.15) is 0 Å². The smallest absolute Gasteiger partial charge is 0.303 e. The third-order valence-corrected chi connectivity index (χ3v) is 4.48. The zero-order valence-corrected chi connectivity index (χ0v) is 14.7. The van der Waals surface area contributed by atoms with Gasteiger partial charge in [-0.15, -0.1) is 0 Å². The predicted octanol–water partition coefficient (Wildman–Crippen LogP) is 3.71. The number of carboxylic acid groups (broad SMARTS) is 1. The van der Waals surface area contributed by atoms with Crippen LogP contribution in [0.3, 0.4) is 0 Å². The molecule has 0 fully saturated rings. The molecule has 2 heterocycles. The van der Waals surface area contributed by atoms with Gasteiger partial charge in [0.25, 0.3) is 5.91 Å². The molecule has 5 heteroatoms. The summed E-state index contributed by atoms with van der Waals surface area (Å²) in [5, 5.41) is 11.6. The molecular weight excluding hydrogens is 304 g/mol. The van der Waals surface area contributed by atoms with E-state index >= 15 is 0 Å². The molecule has 1 aliphatic heterocycles. The van der Waals surface area contributed by atoms with Gasteiger partial charge in [-0.05, 0) is 62.8 Å². The first kappa shape index (κ1) is 18.0. The maximum atomic E-state index is 11.8. The van der Waals surface area contributed by atoms with Gasteiger partial charge in [-0.25, -0.2) is 0 Å². The maximum absolute atomic E-state index is 11.8. The van der Waals surface area contributed by atoms with E-state index in [1.165, 1.54) is 11.3 Å². The first-order valence-electron chi connectivity index (χ1n) is 8.55. The molecule has 0 saturated carbocycles.